The minimum absolute atomic E-state index is 0.167. The molecular weight excluding hydrogens is 367 g/mol. The van der Waals surface area contributed by atoms with Gasteiger partial charge < -0.3 is 14.4 Å². The molecule has 0 saturated carbocycles. The zero-order chi connectivity index (χ0) is 16.0. The van der Waals surface area contributed by atoms with Gasteiger partial charge in [-0.2, -0.15) is 5.48 Å². The highest BCUT2D eigenvalue weighted by molar-refractivity contribution is 8.00. The molecule has 0 radical (unpaired) electrons. The van der Waals surface area contributed by atoms with Gasteiger partial charge in [0, 0.05) is 11.4 Å². The van der Waals surface area contributed by atoms with Crippen molar-refractivity contribution in [2.75, 3.05) is 19.0 Å². The summed E-state index contributed by atoms with van der Waals surface area (Å²) in [5, 5.41) is 0. The van der Waals surface area contributed by atoms with Crippen LogP contribution in [0.25, 0.3) is 10.2 Å². The van der Waals surface area contributed by atoms with Gasteiger partial charge in [0.15, 0.2) is 4.34 Å². The molecule has 0 aliphatic rings. The average Bonchev–Trinajstić information content (AvgIpc) is 2.87. The molecule has 2 rings (SSSR count). The van der Waals surface area contributed by atoms with E-state index >= 15 is 0 Å². The van der Waals surface area contributed by atoms with Crippen molar-refractivity contribution in [2.45, 2.75) is 15.7 Å². The molecule has 0 bridgehead atoms. The molecular formula is C11H13N2O5PS3-2. The second-order valence-corrected chi connectivity index (χ2v) is 8.66. The number of hydrogen-bond acceptors (Lipinski definition) is 10. The van der Waals surface area contributed by atoms with Crippen molar-refractivity contribution in [3.8, 4) is 0 Å². The molecule has 0 aliphatic carbocycles. The number of benzene rings is 1. The molecule has 0 atom stereocenters. The number of nitrogens with one attached hydrogen (secondary N) is 1. The molecule has 0 amide bonds. The highest BCUT2D eigenvalue weighted by atomic mass is 32.2. The molecule has 2 aromatic rings. The van der Waals surface area contributed by atoms with Gasteiger partial charge >= 0.3 is 0 Å². The molecule has 11 heteroatoms. The molecule has 0 saturated heterocycles. The van der Waals surface area contributed by atoms with E-state index in [0.29, 0.717) is 0 Å². The highest BCUT2D eigenvalue weighted by Crippen LogP contribution is 2.31. The van der Waals surface area contributed by atoms with E-state index in [0.717, 1.165) is 31.5 Å². The van der Waals surface area contributed by atoms with Crippen LogP contribution in [0.3, 0.4) is 0 Å². The van der Waals surface area contributed by atoms with E-state index < -0.39 is 13.8 Å². The van der Waals surface area contributed by atoms with Crippen LogP contribution in [-0.2, 0) is 13.9 Å². The zero-order valence-electron chi connectivity index (χ0n) is 11.5. The largest absolute Gasteiger partial charge is 0.811 e. The van der Waals surface area contributed by atoms with Crippen LogP contribution >= 0.6 is 42.7 Å². The summed E-state index contributed by atoms with van der Waals surface area (Å²) in [6.45, 7) is 0.206. The number of hydroxylamine groups is 1. The van der Waals surface area contributed by atoms with Crippen LogP contribution in [0.1, 0.15) is 6.42 Å². The van der Waals surface area contributed by atoms with E-state index in [1.54, 1.807) is 23.1 Å². The SMILES string of the molecule is CSc1nc2cc(SOONCCCP(=O)([O-])[O-])ccc2s1. The summed E-state index contributed by atoms with van der Waals surface area (Å²) in [5.41, 5.74) is 3.32. The zero-order valence-corrected chi connectivity index (χ0v) is 14.9. The number of thioether (sulfide) groups is 1. The number of nitrogens with zero attached hydrogens (tertiary/aromatic N) is 1. The molecule has 1 aromatic carbocycles. The Morgan fingerprint density at radius 3 is 3.00 bits per heavy atom. The molecule has 0 aliphatic heterocycles. The van der Waals surface area contributed by atoms with Crippen molar-refractivity contribution in [3.63, 3.8) is 0 Å². The fourth-order valence-electron chi connectivity index (χ4n) is 1.49. The minimum atomic E-state index is -4.44. The Morgan fingerprint density at radius 2 is 2.27 bits per heavy atom. The van der Waals surface area contributed by atoms with Crippen LogP contribution in [0.15, 0.2) is 27.4 Å². The molecule has 0 spiro atoms. The second-order valence-electron chi connectivity index (χ2n) is 4.13. The summed E-state index contributed by atoms with van der Waals surface area (Å²) in [7, 11) is -4.44. The van der Waals surface area contributed by atoms with Crippen LogP contribution in [0, 0.1) is 0 Å². The topological polar surface area (TPSA) is 107 Å². The van der Waals surface area contributed by atoms with Crippen LogP contribution in [0.2, 0.25) is 0 Å². The molecule has 1 aromatic heterocycles. The quantitative estimate of drug-likeness (QED) is 0.174. The van der Waals surface area contributed by atoms with E-state index in [1.165, 1.54) is 0 Å². The van der Waals surface area contributed by atoms with Gasteiger partial charge in [0.25, 0.3) is 0 Å². The van der Waals surface area contributed by atoms with Crippen molar-refractivity contribution in [3.05, 3.63) is 18.2 Å². The molecule has 0 fully saturated rings. The number of fused-ring (bicyclic) bond motifs is 1. The Balaban J connectivity index is 1.70. The lowest BCUT2D eigenvalue weighted by molar-refractivity contribution is -0.313. The van der Waals surface area contributed by atoms with E-state index in [4.69, 9.17) is 4.33 Å². The van der Waals surface area contributed by atoms with Crippen LogP contribution in [-0.4, -0.2) is 23.9 Å². The minimum Gasteiger partial charge on any atom is -0.811 e. The van der Waals surface area contributed by atoms with E-state index in [9.17, 15) is 14.4 Å². The van der Waals surface area contributed by atoms with Gasteiger partial charge in [-0.15, -0.1) is 20.7 Å². The predicted octanol–water partition coefficient (Wildman–Crippen LogP) is 1.78. The summed E-state index contributed by atoms with van der Waals surface area (Å²) in [6.07, 6.45) is 1.74. The summed E-state index contributed by atoms with van der Waals surface area (Å²) in [6, 6.07) is 5.75. The average molecular weight is 380 g/mol. The summed E-state index contributed by atoms with van der Waals surface area (Å²) < 4.78 is 17.4. The number of rotatable bonds is 9. The maximum absolute atomic E-state index is 10.4. The van der Waals surface area contributed by atoms with Crippen LogP contribution in [0.4, 0.5) is 0 Å². The fourth-order valence-corrected chi connectivity index (χ4v) is 3.95. The van der Waals surface area contributed by atoms with Crippen molar-refractivity contribution in [1.29, 1.82) is 0 Å². The van der Waals surface area contributed by atoms with Crippen LogP contribution < -0.4 is 15.3 Å². The molecule has 7 nitrogen and oxygen atoms in total. The lowest BCUT2D eigenvalue weighted by Gasteiger charge is -2.29. The normalized spacial score (nSPS) is 12.1. The second kappa shape index (κ2) is 8.62. The maximum Gasteiger partial charge on any atom is 0.150 e. The van der Waals surface area contributed by atoms with Gasteiger partial charge in [-0.05, 0) is 37.0 Å². The van der Waals surface area contributed by atoms with E-state index in [1.807, 2.05) is 24.5 Å². The lowest BCUT2D eigenvalue weighted by Crippen LogP contribution is -2.21. The first kappa shape index (κ1) is 18.2. The fraction of sp³-hybridized carbons (Fsp3) is 0.364. The first-order chi connectivity index (χ1) is 10.5. The summed E-state index contributed by atoms with van der Waals surface area (Å²) in [5.74, 6) is 0. The van der Waals surface area contributed by atoms with Gasteiger partial charge in [0.1, 0.15) is 0 Å². The monoisotopic (exact) mass is 380 g/mol. The highest BCUT2D eigenvalue weighted by Gasteiger charge is 2.05. The number of hydrogen-bond donors (Lipinski definition) is 1. The Morgan fingerprint density at radius 1 is 1.45 bits per heavy atom. The third kappa shape index (κ3) is 6.15. The van der Waals surface area contributed by atoms with Gasteiger partial charge in [-0.25, -0.2) is 4.98 Å². The van der Waals surface area contributed by atoms with E-state index in [2.05, 4.69) is 15.5 Å². The van der Waals surface area contributed by atoms with Gasteiger partial charge in [-0.1, -0.05) is 19.4 Å². The molecule has 1 N–H and O–H groups in total. The Kier molecular flexibility index (Phi) is 7.13. The first-order valence-corrected chi connectivity index (χ1v) is 10.7. The van der Waals surface area contributed by atoms with Crippen molar-refractivity contribution >= 4 is 53.0 Å². The third-order valence-electron chi connectivity index (χ3n) is 2.45. The smallest absolute Gasteiger partial charge is 0.150 e. The van der Waals surface area contributed by atoms with E-state index in [-0.39, 0.29) is 13.0 Å². The lowest BCUT2D eigenvalue weighted by atomic mass is 10.3. The van der Waals surface area contributed by atoms with Crippen LogP contribution in [0.5, 0.6) is 0 Å². The summed E-state index contributed by atoms with van der Waals surface area (Å²) in [4.78, 5) is 30.8. The van der Waals surface area contributed by atoms with Crippen molar-refractivity contribution < 1.29 is 23.7 Å². The molecule has 22 heavy (non-hydrogen) atoms. The standard InChI is InChI=1S/C11H15N2O5PS3/c1-20-11-13-9-7-8(3-4-10(9)21-11)22-18-17-12-5-2-6-19(14,15)16/h3-4,7,12H,2,5-6H2,1H3,(H2,14,15,16)/p-2. The Hall–Kier alpha value is -0.160. The molecule has 1 heterocycles. The van der Waals surface area contributed by atoms with Crippen molar-refractivity contribution in [1.82, 2.24) is 10.5 Å². The van der Waals surface area contributed by atoms with Gasteiger partial charge in [-0.3, -0.25) is 0 Å². The number of thiazole rings is 1. The predicted molar refractivity (Wildman–Crippen MR) is 84.5 cm³/mol. The molecule has 0 unspecified atom stereocenters. The Labute approximate surface area is 140 Å². The van der Waals surface area contributed by atoms with Gasteiger partial charge in [0.05, 0.1) is 22.3 Å². The first-order valence-electron chi connectivity index (χ1n) is 6.16. The maximum atomic E-state index is 10.4. The molecule has 122 valence electrons. The van der Waals surface area contributed by atoms with Crippen molar-refractivity contribution in [2.24, 2.45) is 0 Å². The Bertz CT molecular complexity index is 662. The number of aromatic nitrogens is 1. The summed E-state index contributed by atoms with van der Waals surface area (Å²) >= 11 is 4.24. The third-order valence-corrected chi connectivity index (χ3v) is 5.92. The van der Waals surface area contributed by atoms with Gasteiger partial charge in [0.2, 0.25) is 0 Å².